The van der Waals surface area contributed by atoms with Crippen molar-refractivity contribution in [3.8, 4) is 5.88 Å². The number of aliphatic hydroxyl groups is 1. The summed E-state index contributed by atoms with van der Waals surface area (Å²) in [6.45, 7) is 7.83. The van der Waals surface area contributed by atoms with Crippen molar-refractivity contribution >= 4 is 5.91 Å². The molecule has 2 heterocycles. The summed E-state index contributed by atoms with van der Waals surface area (Å²) >= 11 is 0. The number of nitrogens with zero attached hydrogens (tertiary/aromatic N) is 2. The number of likely N-dealkylation sites (tertiary alicyclic amines) is 1. The molecule has 6 heteroatoms. The zero-order valence-corrected chi connectivity index (χ0v) is 13.4. The van der Waals surface area contributed by atoms with Gasteiger partial charge in [-0.15, -0.1) is 0 Å². The minimum absolute atomic E-state index is 0.105. The number of carbonyl (C=O) groups excluding carboxylic acids is 1. The van der Waals surface area contributed by atoms with E-state index in [1.807, 2.05) is 20.8 Å². The van der Waals surface area contributed by atoms with Gasteiger partial charge in [-0.1, -0.05) is 0 Å². The molecule has 1 atom stereocenters. The van der Waals surface area contributed by atoms with Crippen LogP contribution < -0.4 is 4.74 Å². The quantitative estimate of drug-likeness (QED) is 0.834. The lowest BCUT2D eigenvalue weighted by atomic mass is 10.2. The summed E-state index contributed by atoms with van der Waals surface area (Å²) in [7, 11) is 0. The first kappa shape index (κ1) is 16.7. The number of aliphatic hydroxyl groups excluding tert-OH is 1. The van der Waals surface area contributed by atoms with Crippen LogP contribution in [0.2, 0.25) is 0 Å². The third-order valence-corrected chi connectivity index (χ3v) is 3.30. The topological polar surface area (TPSA) is 71.9 Å². The molecule has 0 saturated carbocycles. The van der Waals surface area contributed by atoms with Crippen LogP contribution in [-0.2, 0) is 4.74 Å². The summed E-state index contributed by atoms with van der Waals surface area (Å²) in [5.74, 6) is 0.363. The molecule has 0 spiro atoms. The second kappa shape index (κ2) is 7.07. The normalized spacial score (nSPS) is 18.5. The standard InChI is InChI=1S/C16H24N2O4/c1-16(2,3)22-9-8-21-14-5-4-12(10-17-14)15(20)18-7-6-13(19)11-18/h4-5,10,13,19H,6-9,11H2,1-3H3. The van der Waals surface area contributed by atoms with Crippen molar-refractivity contribution < 1.29 is 19.4 Å². The number of β-amino-alcohol motifs (C(OH)–C–C–N with tert-alkyl or cyclic N) is 1. The Labute approximate surface area is 131 Å². The van der Waals surface area contributed by atoms with E-state index < -0.39 is 6.10 Å². The summed E-state index contributed by atoms with van der Waals surface area (Å²) < 4.78 is 11.0. The van der Waals surface area contributed by atoms with Crippen LogP contribution >= 0.6 is 0 Å². The molecule has 0 bridgehead atoms. The molecule has 1 aromatic rings. The highest BCUT2D eigenvalue weighted by Gasteiger charge is 2.25. The molecule has 1 amide bonds. The van der Waals surface area contributed by atoms with Crippen LogP contribution in [-0.4, -0.2) is 58.9 Å². The summed E-state index contributed by atoms with van der Waals surface area (Å²) in [5, 5.41) is 9.48. The van der Waals surface area contributed by atoms with Gasteiger partial charge in [-0.2, -0.15) is 0 Å². The summed E-state index contributed by atoms with van der Waals surface area (Å²) in [4.78, 5) is 18.0. The van der Waals surface area contributed by atoms with Gasteiger partial charge in [0.25, 0.3) is 5.91 Å². The molecule has 0 radical (unpaired) electrons. The van der Waals surface area contributed by atoms with Crippen molar-refractivity contribution in [1.82, 2.24) is 9.88 Å². The number of amides is 1. The molecule has 122 valence electrons. The fraction of sp³-hybridized carbons (Fsp3) is 0.625. The Morgan fingerprint density at radius 3 is 2.73 bits per heavy atom. The third kappa shape index (κ3) is 4.96. The Bertz CT molecular complexity index is 496. The van der Waals surface area contributed by atoms with E-state index in [0.29, 0.717) is 44.2 Å². The van der Waals surface area contributed by atoms with Gasteiger partial charge in [-0.05, 0) is 33.3 Å². The highest BCUT2D eigenvalue weighted by Crippen LogP contribution is 2.15. The van der Waals surface area contributed by atoms with E-state index in [2.05, 4.69) is 4.98 Å². The maximum absolute atomic E-state index is 12.2. The van der Waals surface area contributed by atoms with Gasteiger partial charge < -0.3 is 19.5 Å². The van der Waals surface area contributed by atoms with Crippen molar-refractivity contribution in [2.24, 2.45) is 0 Å². The molecule has 1 aromatic heterocycles. The Morgan fingerprint density at radius 1 is 1.41 bits per heavy atom. The summed E-state index contributed by atoms with van der Waals surface area (Å²) in [6, 6.07) is 3.37. The van der Waals surface area contributed by atoms with Crippen LogP contribution in [0.25, 0.3) is 0 Å². The van der Waals surface area contributed by atoms with E-state index in [1.165, 1.54) is 6.20 Å². The molecule has 22 heavy (non-hydrogen) atoms. The van der Waals surface area contributed by atoms with Crippen LogP contribution in [0.1, 0.15) is 37.6 Å². The van der Waals surface area contributed by atoms with Crippen molar-refractivity contribution in [3.63, 3.8) is 0 Å². The minimum Gasteiger partial charge on any atom is -0.475 e. The maximum atomic E-state index is 12.2. The van der Waals surface area contributed by atoms with Gasteiger partial charge >= 0.3 is 0 Å². The fourth-order valence-corrected chi connectivity index (χ4v) is 2.20. The molecular formula is C16H24N2O4. The zero-order chi connectivity index (χ0) is 16.2. The summed E-state index contributed by atoms with van der Waals surface area (Å²) in [6.07, 6.45) is 1.73. The van der Waals surface area contributed by atoms with E-state index in [4.69, 9.17) is 9.47 Å². The van der Waals surface area contributed by atoms with Gasteiger partial charge in [0.15, 0.2) is 0 Å². The van der Waals surface area contributed by atoms with Gasteiger partial charge in [-0.25, -0.2) is 4.98 Å². The molecule has 0 aromatic carbocycles. The second-order valence-corrected chi connectivity index (χ2v) is 6.39. The van der Waals surface area contributed by atoms with E-state index in [9.17, 15) is 9.90 Å². The van der Waals surface area contributed by atoms with Crippen LogP contribution in [0.15, 0.2) is 18.3 Å². The Kier molecular flexibility index (Phi) is 5.37. The van der Waals surface area contributed by atoms with Crippen molar-refractivity contribution in [3.05, 3.63) is 23.9 Å². The molecular weight excluding hydrogens is 284 g/mol. The van der Waals surface area contributed by atoms with Crippen LogP contribution in [0.4, 0.5) is 0 Å². The Balaban J connectivity index is 1.81. The molecule has 1 aliphatic rings. The highest BCUT2D eigenvalue weighted by molar-refractivity contribution is 5.94. The first-order valence-corrected chi connectivity index (χ1v) is 7.55. The van der Waals surface area contributed by atoms with Crippen molar-refractivity contribution in [2.45, 2.75) is 38.9 Å². The molecule has 1 saturated heterocycles. The lowest BCUT2D eigenvalue weighted by Crippen LogP contribution is -2.29. The third-order valence-electron chi connectivity index (χ3n) is 3.30. The fourth-order valence-electron chi connectivity index (χ4n) is 2.20. The smallest absolute Gasteiger partial charge is 0.255 e. The predicted molar refractivity (Wildman–Crippen MR) is 82.0 cm³/mol. The first-order chi connectivity index (χ1) is 10.3. The van der Waals surface area contributed by atoms with Crippen LogP contribution in [0.5, 0.6) is 5.88 Å². The van der Waals surface area contributed by atoms with Gasteiger partial charge in [0.2, 0.25) is 5.88 Å². The molecule has 2 rings (SSSR count). The SMILES string of the molecule is CC(C)(C)OCCOc1ccc(C(=O)N2CCC(O)C2)cn1. The number of ether oxygens (including phenoxy) is 2. The lowest BCUT2D eigenvalue weighted by molar-refractivity contribution is -0.0168. The number of rotatable bonds is 5. The van der Waals surface area contributed by atoms with Gasteiger partial charge in [-0.3, -0.25) is 4.79 Å². The highest BCUT2D eigenvalue weighted by atomic mass is 16.5. The number of pyridine rings is 1. The first-order valence-electron chi connectivity index (χ1n) is 7.55. The molecule has 0 aliphatic carbocycles. The van der Waals surface area contributed by atoms with Crippen LogP contribution in [0.3, 0.4) is 0 Å². The second-order valence-electron chi connectivity index (χ2n) is 6.39. The largest absolute Gasteiger partial charge is 0.475 e. The molecule has 6 nitrogen and oxygen atoms in total. The lowest BCUT2D eigenvalue weighted by Gasteiger charge is -2.19. The number of hydrogen-bond donors (Lipinski definition) is 1. The van der Waals surface area contributed by atoms with E-state index in [1.54, 1.807) is 17.0 Å². The average molecular weight is 308 g/mol. The Hall–Kier alpha value is -1.66. The minimum atomic E-state index is -0.415. The predicted octanol–water partition coefficient (Wildman–Crippen LogP) is 1.48. The van der Waals surface area contributed by atoms with E-state index >= 15 is 0 Å². The number of hydrogen-bond acceptors (Lipinski definition) is 5. The van der Waals surface area contributed by atoms with Crippen molar-refractivity contribution in [1.29, 1.82) is 0 Å². The van der Waals surface area contributed by atoms with Gasteiger partial charge in [0.1, 0.15) is 6.61 Å². The zero-order valence-electron chi connectivity index (χ0n) is 13.4. The Morgan fingerprint density at radius 2 is 2.18 bits per heavy atom. The number of aromatic nitrogens is 1. The maximum Gasteiger partial charge on any atom is 0.255 e. The van der Waals surface area contributed by atoms with Crippen molar-refractivity contribution in [2.75, 3.05) is 26.3 Å². The average Bonchev–Trinajstić information content (AvgIpc) is 2.89. The molecule has 1 unspecified atom stereocenters. The number of carbonyl (C=O) groups is 1. The monoisotopic (exact) mass is 308 g/mol. The molecule has 1 aliphatic heterocycles. The van der Waals surface area contributed by atoms with E-state index in [0.717, 1.165) is 0 Å². The summed E-state index contributed by atoms with van der Waals surface area (Å²) in [5.41, 5.74) is 0.320. The van der Waals surface area contributed by atoms with Crippen LogP contribution in [0, 0.1) is 0 Å². The molecule has 1 fully saturated rings. The van der Waals surface area contributed by atoms with Gasteiger partial charge in [0.05, 0.1) is 23.9 Å². The van der Waals surface area contributed by atoms with Gasteiger partial charge in [0, 0.05) is 25.4 Å². The molecule has 1 N–H and O–H groups in total. The van der Waals surface area contributed by atoms with E-state index in [-0.39, 0.29) is 11.5 Å².